The summed E-state index contributed by atoms with van der Waals surface area (Å²) in [5, 5.41) is 15.5. The summed E-state index contributed by atoms with van der Waals surface area (Å²) in [5.74, 6) is -1.96. The van der Waals surface area contributed by atoms with Crippen molar-refractivity contribution in [2.45, 2.75) is 42.5 Å². The Labute approximate surface area is 223 Å². The maximum absolute atomic E-state index is 13.7. The molecule has 0 aromatic heterocycles. The van der Waals surface area contributed by atoms with E-state index in [0.717, 1.165) is 5.56 Å². The predicted octanol–water partition coefficient (Wildman–Crippen LogP) is 2.08. The second kappa shape index (κ2) is 10.4. The van der Waals surface area contributed by atoms with Gasteiger partial charge in [0.2, 0.25) is 17.7 Å². The zero-order chi connectivity index (χ0) is 26.2. The quantitative estimate of drug-likeness (QED) is 0.397. The van der Waals surface area contributed by atoms with Gasteiger partial charge in [0.1, 0.15) is 17.4 Å². The van der Waals surface area contributed by atoms with E-state index in [4.69, 9.17) is 9.47 Å². The average Bonchev–Trinajstić information content (AvgIpc) is 3.48. The summed E-state index contributed by atoms with van der Waals surface area (Å²) in [6.45, 7) is 2.40. The molecular weight excluding hydrogens is 542 g/mol. The lowest BCUT2D eigenvalue weighted by Gasteiger charge is -2.34. The second-order valence-corrected chi connectivity index (χ2v) is 10.7. The Morgan fingerprint density at radius 1 is 1.16 bits per heavy atom. The fourth-order valence-electron chi connectivity index (χ4n) is 5.99. The third-order valence-electron chi connectivity index (χ3n) is 7.42. The number of benzene rings is 2. The number of anilines is 1. The maximum atomic E-state index is 13.7. The Hall–Kier alpha value is -2.95. The van der Waals surface area contributed by atoms with Crippen LogP contribution in [0.2, 0.25) is 0 Å². The number of nitrogens with zero attached hydrogens (tertiary/aromatic N) is 1. The number of hydrogen-bond acceptors (Lipinski definition) is 6. The van der Waals surface area contributed by atoms with Gasteiger partial charge >= 0.3 is 0 Å². The highest BCUT2D eigenvalue weighted by Crippen LogP contribution is 2.60. The average molecular weight is 572 g/mol. The molecule has 3 heterocycles. The Kier molecular flexibility index (Phi) is 7.24. The van der Waals surface area contributed by atoms with E-state index < -0.39 is 29.6 Å². The highest BCUT2D eigenvalue weighted by atomic mass is 79.9. The zero-order valence-electron chi connectivity index (χ0n) is 20.4. The van der Waals surface area contributed by atoms with Crippen LogP contribution in [0.25, 0.3) is 0 Å². The van der Waals surface area contributed by atoms with Crippen LogP contribution in [-0.2, 0) is 25.7 Å². The molecular formula is C27H30BrN3O6. The van der Waals surface area contributed by atoms with Crippen LogP contribution in [0.1, 0.15) is 18.9 Å². The number of amides is 3. The molecule has 2 aromatic rings. The molecule has 2 aromatic carbocycles. The fourth-order valence-corrected chi connectivity index (χ4v) is 6.93. The minimum absolute atomic E-state index is 0.0191. The number of likely N-dealkylation sites (tertiary alicyclic amines) is 1. The highest BCUT2D eigenvalue weighted by molar-refractivity contribution is 9.09. The number of fused-ring (bicyclic) bond motifs is 1. The number of aliphatic hydroxyl groups is 1. The summed E-state index contributed by atoms with van der Waals surface area (Å²) in [7, 11) is 0. The van der Waals surface area contributed by atoms with Crippen molar-refractivity contribution in [3.05, 3.63) is 60.2 Å². The summed E-state index contributed by atoms with van der Waals surface area (Å²) in [5.41, 5.74) is 0.337. The van der Waals surface area contributed by atoms with Crippen LogP contribution < -0.4 is 15.4 Å². The summed E-state index contributed by atoms with van der Waals surface area (Å²) in [6.07, 6.45) is -0.149. The molecule has 2 bridgehead atoms. The molecule has 37 heavy (non-hydrogen) atoms. The number of hydrogen-bond donors (Lipinski definition) is 3. The minimum atomic E-state index is -1.16. The first-order chi connectivity index (χ1) is 17.9. The number of nitrogens with one attached hydrogen (secondary N) is 2. The van der Waals surface area contributed by atoms with Crippen LogP contribution in [0.5, 0.6) is 5.75 Å². The molecule has 0 aliphatic carbocycles. The van der Waals surface area contributed by atoms with Crippen molar-refractivity contribution in [1.29, 1.82) is 0 Å². The van der Waals surface area contributed by atoms with Gasteiger partial charge in [-0.15, -0.1) is 0 Å². The topological polar surface area (TPSA) is 117 Å². The van der Waals surface area contributed by atoms with Crippen LogP contribution in [0, 0.1) is 11.8 Å². The number of ether oxygens (including phenoxy) is 2. The molecule has 6 atom stereocenters. The zero-order valence-corrected chi connectivity index (χ0v) is 22.0. The van der Waals surface area contributed by atoms with Gasteiger partial charge in [0.15, 0.2) is 0 Å². The van der Waals surface area contributed by atoms with E-state index in [-0.39, 0.29) is 35.7 Å². The number of aliphatic hydroxyl groups excluding tert-OH is 1. The third kappa shape index (κ3) is 4.51. The first kappa shape index (κ1) is 25.7. The second-order valence-electron chi connectivity index (χ2n) is 9.57. The molecule has 3 fully saturated rings. The van der Waals surface area contributed by atoms with Crippen molar-refractivity contribution in [2.75, 3.05) is 25.1 Å². The van der Waals surface area contributed by atoms with Crippen molar-refractivity contribution in [1.82, 2.24) is 10.2 Å². The Morgan fingerprint density at radius 2 is 1.89 bits per heavy atom. The molecule has 196 valence electrons. The molecule has 3 unspecified atom stereocenters. The fraction of sp³-hybridized carbons (Fsp3) is 0.444. The van der Waals surface area contributed by atoms with E-state index in [1.165, 1.54) is 4.90 Å². The van der Waals surface area contributed by atoms with Gasteiger partial charge in [-0.05, 0) is 43.2 Å². The van der Waals surface area contributed by atoms with E-state index in [1.807, 2.05) is 37.3 Å². The first-order valence-corrected chi connectivity index (χ1v) is 13.4. The Bertz CT molecular complexity index is 1160. The predicted molar refractivity (Wildman–Crippen MR) is 139 cm³/mol. The molecule has 3 saturated heterocycles. The van der Waals surface area contributed by atoms with Gasteiger partial charge in [-0.25, -0.2) is 0 Å². The molecule has 3 amide bonds. The van der Waals surface area contributed by atoms with Crippen molar-refractivity contribution < 1.29 is 29.0 Å². The summed E-state index contributed by atoms with van der Waals surface area (Å²) < 4.78 is 11.9. The van der Waals surface area contributed by atoms with Crippen molar-refractivity contribution in [2.24, 2.45) is 11.8 Å². The smallest absolute Gasteiger partial charge is 0.246 e. The number of β-amino-alcohol motifs (C(OH)–C–C–N with tert-alkyl or cyclic N) is 1. The van der Waals surface area contributed by atoms with Gasteiger partial charge < -0.3 is 30.1 Å². The van der Waals surface area contributed by atoms with Gasteiger partial charge in [-0.3, -0.25) is 14.4 Å². The lowest BCUT2D eigenvalue weighted by atomic mass is 9.70. The van der Waals surface area contributed by atoms with Crippen LogP contribution in [0.15, 0.2) is 54.6 Å². The minimum Gasteiger partial charge on any atom is -0.494 e. The number of carbonyl (C=O) groups excluding carboxylic acids is 3. The third-order valence-corrected chi connectivity index (χ3v) is 8.27. The molecule has 0 saturated carbocycles. The van der Waals surface area contributed by atoms with E-state index in [2.05, 4.69) is 26.6 Å². The van der Waals surface area contributed by atoms with Crippen LogP contribution >= 0.6 is 15.9 Å². The summed E-state index contributed by atoms with van der Waals surface area (Å²) in [6, 6.07) is 15.5. The van der Waals surface area contributed by atoms with Crippen LogP contribution in [0.4, 0.5) is 5.69 Å². The molecule has 1 spiro atoms. The SMILES string of the molecule is CCOc1ccc(NC(=O)[C@H]2[C@H]3C(=O)N(CCO)C(C(=O)NCc4ccccc4)C34CC(Br)[C@@H]2O4)cc1. The lowest BCUT2D eigenvalue weighted by Crippen LogP contribution is -2.56. The lowest BCUT2D eigenvalue weighted by molar-refractivity contribution is -0.142. The van der Waals surface area contributed by atoms with E-state index in [1.54, 1.807) is 24.3 Å². The summed E-state index contributed by atoms with van der Waals surface area (Å²) in [4.78, 5) is 41.9. The largest absolute Gasteiger partial charge is 0.494 e. The van der Waals surface area contributed by atoms with Gasteiger partial charge in [-0.1, -0.05) is 46.3 Å². The van der Waals surface area contributed by atoms with Crippen LogP contribution in [0.3, 0.4) is 0 Å². The molecule has 3 N–H and O–H groups in total. The molecule has 3 aliphatic heterocycles. The number of alkyl halides is 1. The monoisotopic (exact) mass is 571 g/mol. The normalized spacial score (nSPS) is 29.8. The van der Waals surface area contributed by atoms with Gasteiger partial charge in [0.25, 0.3) is 0 Å². The van der Waals surface area contributed by atoms with E-state index in [0.29, 0.717) is 31.0 Å². The van der Waals surface area contributed by atoms with Crippen molar-refractivity contribution >= 4 is 39.3 Å². The highest BCUT2D eigenvalue weighted by Gasteiger charge is 2.76. The molecule has 9 nitrogen and oxygen atoms in total. The van der Waals surface area contributed by atoms with Gasteiger partial charge in [-0.2, -0.15) is 0 Å². The van der Waals surface area contributed by atoms with Crippen molar-refractivity contribution in [3.63, 3.8) is 0 Å². The molecule has 5 rings (SSSR count). The molecule has 3 aliphatic rings. The number of halogens is 1. The summed E-state index contributed by atoms with van der Waals surface area (Å²) >= 11 is 3.65. The van der Waals surface area contributed by atoms with Gasteiger partial charge in [0, 0.05) is 23.6 Å². The number of carbonyl (C=O) groups is 3. The number of rotatable bonds is 9. The Morgan fingerprint density at radius 3 is 2.57 bits per heavy atom. The molecule has 10 heteroatoms. The standard InChI is InChI=1S/C27H30BrN3O6/c1-2-36-18-10-8-17(9-11-18)30-24(33)20-21-26(35)31(12-13-32)23(27(21)14-19(28)22(20)37-27)25(34)29-15-16-6-4-3-5-7-16/h3-11,19-23,32H,2,12-15H2,1H3,(H,29,34)(H,30,33)/t19?,20-,21-,22-,23?,27?/m0/s1. The first-order valence-electron chi connectivity index (χ1n) is 12.5. The molecule has 0 radical (unpaired) electrons. The van der Waals surface area contributed by atoms with E-state index >= 15 is 0 Å². The Balaban J connectivity index is 1.40. The van der Waals surface area contributed by atoms with Gasteiger partial charge in [0.05, 0.1) is 31.2 Å². The van der Waals surface area contributed by atoms with E-state index in [9.17, 15) is 19.5 Å². The van der Waals surface area contributed by atoms with Crippen LogP contribution in [-0.4, -0.2) is 70.1 Å². The maximum Gasteiger partial charge on any atom is 0.246 e. The van der Waals surface area contributed by atoms with Crippen molar-refractivity contribution in [3.8, 4) is 5.75 Å².